The second-order valence-electron chi connectivity index (χ2n) is 6.79. The topological polar surface area (TPSA) is 72.5 Å². The standard InChI is InChI=1S/C22H22ClNO4/c23-19-7-2-1-4-18(19)13-24-21(26)14-28-22(27)11-10-20(25)17-9-8-15-5-3-6-16(15)12-17/h1-2,4,7-9,12H,3,5-6,10-11,13-14H2,(H,24,26). The molecule has 0 aromatic heterocycles. The minimum Gasteiger partial charge on any atom is -0.456 e. The zero-order valence-electron chi connectivity index (χ0n) is 15.5. The molecule has 0 saturated heterocycles. The number of amides is 1. The Morgan fingerprint density at radius 3 is 2.61 bits per heavy atom. The highest BCUT2D eigenvalue weighted by Gasteiger charge is 2.16. The molecule has 2 aromatic rings. The second kappa shape index (κ2) is 9.51. The van der Waals surface area contributed by atoms with Crippen LogP contribution in [0.3, 0.4) is 0 Å². The summed E-state index contributed by atoms with van der Waals surface area (Å²) in [6.45, 7) is -0.122. The first-order chi connectivity index (χ1) is 13.5. The summed E-state index contributed by atoms with van der Waals surface area (Å²) in [5.41, 5.74) is 3.94. The Bertz CT molecular complexity index is 894. The van der Waals surface area contributed by atoms with Crippen molar-refractivity contribution in [3.8, 4) is 0 Å². The third-order valence-electron chi connectivity index (χ3n) is 4.77. The number of fused-ring (bicyclic) bond motifs is 1. The van der Waals surface area contributed by atoms with Crippen LogP contribution in [-0.4, -0.2) is 24.3 Å². The maximum atomic E-state index is 12.3. The van der Waals surface area contributed by atoms with E-state index in [1.165, 1.54) is 11.1 Å². The Kier molecular flexibility index (Phi) is 6.82. The molecule has 1 amide bonds. The minimum atomic E-state index is -0.567. The molecule has 146 valence electrons. The quantitative estimate of drug-likeness (QED) is 0.543. The van der Waals surface area contributed by atoms with Crippen molar-refractivity contribution < 1.29 is 19.1 Å². The molecule has 28 heavy (non-hydrogen) atoms. The molecule has 1 N–H and O–H groups in total. The number of aryl methyl sites for hydroxylation is 2. The van der Waals surface area contributed by atoms with Gasteiger partial charge in [0.2, 0.25) is 0 Å². The van der Waals surface area contributed by atoms with Crippen LogP contribution in [0.4, 0.5) is 0 Å². The van der Waals surface area contributed by atoms with Crippen molar-refractivity contribution in [3.05, 3.63) is 69.7 Å². The van der Waals surface area contributed by atoms with Gasteiger partial charge in [0.05, 0.1) is 6.42 Å². The third kappa shape index (κ3) is 5.42. The molecule has 0 spiro atoms. The fourth-order valence-corrected chi connectivity index (χ4v) is 3.41. The van der Waals surface area contributed by atoms with Crippen molar-refractivity contribution in [1.29, 1.82) is 0 Å². The molecule has 0 fully saturated rings. The molecule has 0 unspecified atom stereocenters. The average Bonchev–Trinajstić information content (AvgIpc) is 3.17. The third-order valence-corrected chi connectivity index (χ3v) is 5.14. The fourth-order valence-electron chi connectivity index (χ4n) is 3.21. The maximum absolute atomic E-state index is 12.3. The van der Waals surface area contributed by atoms with E-state index in [2.05, 4.69) is 5.32 Å². The number of Topliss-reactive ketones (excluding diaryl/α,β-unsaturated/α-hetero) is 1. The van der Waals surface area contributed by atoms with Gasteiger partial charge in [-0.3, -0.25) is 14.4 Å². The van der Waals surface area contributed by atoms with Crippen molar-refractivity contribution in [3.63, 3.8) is 0 Å². The Labute approximate surface area is 169 Å². The van der Waals surface area contributed by atoms with E-state index in [1.54, 1.807) is 18.2 Å². The lowest BCUT2D eigenvalue weighted by molar-refractivity contribution is -0.148. The van der Waals surface area contributed by atoms with Gasteiger partial charge in [-0.15, -0.1) is 0 Å². The summed E-state index contributed by atoms with van der Waals surface area (Å²) in [6.07, 6.45) is 3.21. The van der Waals surface area contributed by atoms with Gasteiger partial charge >= 0.3 is 5.97 Å². The number of hydrogen-bond acceptors (Lipinski definition) is 4. The van der Waals surface area contributed by atoms with E-state index in [4.69, 9.17) is 16.3 Å². The number of ether oxygens (including phenoxy) is 1. The van der Waals surface area contributed by atoms with Crippen LogP contribution in [0.15, 0.2) is 42.5 Å². The van der Waals surface area contributed by atoms with Gasteiger partial charge in [-0.1, -0.05) is 41.9 Å². The zero-order chi connectivity index (χ0) is 19.9. The largest absolute Gasteiger partial charge is 0.456 e. The highest BCUT2D eigenvalue weighted by atomic mass is 35.5. The van der Waals surface area contributed by atoms with E-state index in [-0.39, 0.29) is 31.8 Å². The molecule has 5 nitrogen and oxygen atoms in total. The number of rotatable bonds is 8. The molecule has 0 saturated carbocycles. The molecule has 1 aliphatic carbocycles. The van der Waals surface area contributed by atoms with Crippen LogP contribution in [0.25, 0.3) is 0 Å². The number of hydrogen-bond donors (Lipinski definition) is 1. The molecular formula is C22H22ClNO4. The minimum absolute atomic E-state index is 0.0479. The summed E-state index contributed by atoms with van der Waals surface area (Å²) in [7, 11) is 0. The van der Waals surface area contributed by atoms with E-state index in [9.17, 15) is 14.4 Å². The number of benzene rings is 2. The molecule has 0 radical (unpaired) electrons. The van der Waals surface area contributed by atoms with Gasteiger partial charge < -0.3 is 10.1 Å². The average molecular weight is 400 g/mol. The molecule has 0 heterocycles. The van der Waals surface area contributed by atoms with Gasteiger partial charge in [0, 0.05) is 23.6 Å². The fraction of sp³-hybridized carbons (Fsp3) is 0.318. The van der Waals surface area contributed by atoms with Gasteiger partial charge in [0.15, 0.2) is 12.4 Å². The second-order valence-corrected chi connectivity index (χ2v) is 7.20. The van der Waals surface area contributed by atoms with Crippen molar-refractivity contribution in [1.82, 2.24) is 5.32 Å². The van der Waals surface area contributed by atoms with Crippen molar-refractivity contribution >= 4 is 29.3 Å². The van der Waals surface area contributed by atoms with Crippen LogP contribution in [-0.2, 0) is 33.7 Å². The molecule has 3 rings (SSSR count). The predicted octanol–water partition coefficient (Wildman–Crippen LogP) is 3.65. The number of esters is 1. The van der Waals surface area contributed by atoms with Crippen LogP contribution in [0, 0.1) is 0 Å². The Morgan fingerprint density at radius 1 is 1.00 bits per heavy atom. The summed E-state index contributed by atoms with van der Waals surface area (Å²) in [5, 5.41) is 3.20. The zero-order valence-corrected chi connectivity index (χ0v) is 16.3. The smallest absolute Gasteiger partial charge is 0.306 e. The summed E-state index contributed by atoms with van der Waals surface area (Å²) in [4.78, 5) is 35.9. The first-order valence-corrected chi connectivity index (χ1v) is 9.71. The molecule has 1 aliphatic rings. The van der Waals surface area contributed by atoms with Crippen molar-refractivity contribution in [2.75, 3.05) is 6.61 Å². The molecular weight excluding hydrogens is 378 g/mol. The highest BCUT2D eigenvalue weighted by molar-refractivity contribution is 6.31. The van der Waals surface area contributed by atoms with Crippen LogP contribution in [0.1, 0.15) is 46.3 Å². The molecule has 0 bridgehead atoms. The number of carbonyl (C=O) groups excluding carboxylic acids is 3. The van der Waals surface area contributed by atoms with Crippen LogP contribution >= 0.6 is 11.6 Å². The van der Waals surface area contributed by atoms with Crippen LogP contribution < -0.4 is 5.32 Å². The van der Waals surface area contributed by atoms with Crippen LogP contribution in [0.2, 0.25) is 5.02 Å². The van der Waals surface area contributed by atoms with E-state index in [0.29, 0.717) is 10.6 Å². The van der Waals surface area contributed by atoms with Gasteiger partial charge in [-0.05, 0) is 48.1 Å². The lowest BCUT2D eigenvalue weighted by Crippen LogP contribution is -2.28. The summed E-state index contributed by atoms with van der Waals surface area (Å²) in [5.74, 6) is -1.07. The number of ketones is 1. The first-order valence-electron chi connectivity index (χ1n) is 9.33. The lowest BCUT2D eigenvalue weighted by Gasteiger charge is -2.08. The van der Waals surface area contributed by atoms with Crippen LogP contribution in [0.5, 0.6) is 0 Å². The first kappa shape index (κ1) is 20.1. The SMILES string of the molecule is O=C(COC(=O)CCC(=O)c1ccc2c(c1)CCC2)NCc1ccccc1Cl. The monoisotopic (exact) mass is 399 g/mol. The van der Waals surface area contributed by atoms with Gasteiger partial charge in [0.1, 0.15) is 0 Å². The summed E-state index contributed by atoms with van der Waals surface area (Å²) >= 11 is 6.02. The van der Waals surface area contributed by atoms with E-state index in [1.807, 2.05) is 24.3 Å². The van der Waals surface area contributed by atoms with Crippen molar-refractivity contribution in [2.24, 2.45) is 0 Å². The van der Waals surface area contributed by atoms with Gasteiger partial charge in [0.25, 0.3) is 5.91 Å². The molecule has 0 atom stereocenters. The maximum Gasteiger partial charge on any atom is 0.306 e. The Hall–Kier alpha value is -2.66. The number of halogens is 1. The van der Waals surface area contributed by atoms with E-state index < -0.39 is 11.9 Å². The summed E-state index contributed by atoms with van der Waals surface area (Å²) < 4.78 is 4.95. The highest BCUT2D eigenvalue weighted by Crippen LogP contribution is 2.23. The Morgan fingerprint density at radius 2 is 1.79 bits per heavy atom. The van der Waals surface area contributed by atoms with E-state index in [0.717, 1.165) is 24.8 Å². The van der Waals surface area contributed by atoms with Gasteiger partial charge in [-0.2, -0.15) is 0 Å². The summed E-state index contributed by atoms with van der Waals surface area (Å²) in [6, 6.07) is 12.9. The number of carbonyl (C=O) groups is 3. The molecule has 6 heteroatoms. The van der Waals surface area contributed by atoms with Gasteiger partial charge in [-0.25, -0.2) is 0 Å². The number of nitrogens with one attached hydrogen (secondary N) is 1. The lowest BCUT2D eigenvalue weighted by atomic mass is 10.0. The van der Waals surface area contributed by atoms with Crippen molar-refractivity contribution in [2.45, 2.75) is 38.6 Å². The predicted molar refractivity (Wildman–Crippen MR) is 106 cm³/mol. The molecule has 2 aromatic carbocycles. The molecule has 0 aliphatic heterocycles. The normalized spacial score (nSPS) is 12.3. The Balaban J connectivity index is 1.37. The van der Waals surface area contributed by atoms with E-state index >= 15 is 0 Å².